The van der Waals surface area contributed by atoms with Crippen molar-refractivity contribution in [3.8, 4) is 0 Å². The minimum absolute atomic E-state index is 0.0297. The molecule has 1 heterocycles. The Morgan fingerprint density at radius 1 is 1.39 bits per heavy atom. The Bertz CT molecular complexity index is 563. The number of carbonyl (C=O) groups excluding carboxylic acids is 2. The zero-order valence-corrected chi connectivity index (χ0v) is 13.8. The smallest absolute Gasteiger partial charge is 0.246 e. The summed E-state index contributed by atoms with van der Waals surface area (Å²) in [6.07, 6.45) is -0.415. The van der Waals surface area contributed by atoms with Gasteiger partial charge in [0.15, 0.2) is 0 Å². The monoisotopic (exact) mass is 320 g/mol. The van der Waals surface area contributed by atoms with E-state index in [1.807, 2.05) is 20.8 Å². The van der Waals surface area contributed by atoms with Gasteiger partial charge in [0, 0.05) is 12.1 Å². The molecule has 1 saturated heterocycles. The first-order valence-corrected chi connectivity index (χ1v) is 7.69. The van der Waals surface area contributed by atoms with Gasteiger partial charge in [-0.2, -0.15) is 0 Å². The van der Waals surface area contributed by atoms with Crippen molar-refractivity contribution in [2.75, 3.05) is 18.5 Å². The molecule has 1 aliphatic rings. The number of anilines is 1. The van der Waals surface area contributed by atoms with Crippen LogP contribution in [0.5, 0.6) is 0 Å². The van der Waals surface area contributed by atoms with Gasteiger partial charge in [0.2, 0.25) is 11.8 Å². The number of hydrogen-bond acceptors (Lipinski definition) is 4. The van der Waals surface area contributed by atoms with Crippen LogP contribution in [0.3, 0.4) is 0 Å². The van der Waals surface area contributed by atoms with E-state index in [-0.39, 0.29) is 30.4 Å². The Hall–Kier alpha value is -1.92. The van der Waals surface area contributed by atoms with Crippen molar-refractivity contribution >= 4 is 17.5 Å². The van der Waals surface area contributed by atoms with Crippen LogP contribution in [0.4, 0.5) is 5.69 Å². The molecule has 0 aliphatic carbocycles. The number of hydrogen-bond donors (Lipinski definition) is 3. The predicted octanol–water partition coefficient (Wildman–Crippen LogP) is 1.61. The summed E-state index contributed by atoms with van der Waals surface area (Å²) in [4.78, 5) is 23.2. The molecular weight excluding hydrogens is 296 g/mol. The van der Waals surface area contributed by atoms with Crippen LogP contribution in [-0.2, 0) is 14.3 Å². The number of nitrogens with one attached hydrogen (secondary N) is 2. The number of carbonyl (C=O) groups is 2. The molecule has 1 aliphatic heterocycles. The third-order valence-electron chi connectivity index (χ3n) is 3.48. The van der Waals surface area contributed by atoms with Crippen LogP contribution in [0.15, 0.2) is 24.3 Å². The van der Waals surface area contributed by atoms with Gasteiger partial charge in [-0.25, -0.2) is 0 Å². The maximum absolute atomic E-state index is 11.9. The van der Waals surface area contributed by atoms with E-state index in [0.717, 1.165) is 0 Å². The fourth-order valence-corrected chi connectivity index (χ4v) is 2.42. The summed E-state index contributed by atoms with van der Waals surface area (Å²) in [5, 5.41) is 15.8. The van der Waals surface area contributed by atoms with Gasteiger partial charge in [-0.1, -0.05) is 32.9 Å². The van der Waals surface area contributed by atoms with E-state index in [1.54, 1.807) is 24.3 Å². The summed E-state index contributed by atoms with van der Waals surface area (Å²) in [7, 11) is 0. The Labute approximate surface area is 136 Å². The fourth-order valence-electron chi connectivity index (χ4n) is 2.42. The molecule has 0 spiro atoms. The molecule has 23 heavy (non-hydrogen) atoms. The van der Waals surface area contributed by atoms with Crippen molar-refractivity contribution in [1.82, 2.24) is 5.32 Å². The summed E-state index contributed by atoms with van der Waals surface area (Å²) in [6.45, 7) is 6.32. The second-order valence-corrected chi connectivity index (χ2v) is 7.04. The molecule has 2 amide bonds. The van der Waals surface area contributed by atoms with Crippen LogP contribution >= 0.6 is 0 Å². The lowest BCUT2D eigenvalue weighted by Gasteiger charge is -2.28. The van der Waals surface area contributed by atoms with E-state index >= 15 is 0 Å². The van der Waals surface area contributed by atoms with Crippen LogP contribution in [0.2, 0.25) is 0 Å². The van der Waals surface area contributed by atoms with Gasteiger partial charge in [-0.05, 0) is 23.1 Å². The highest BCUT2D eigenvalue weighted by Crippen LogP contribution is 2.22. The summed E-state index contributed by atoms with van der Waals surface area (Å²) in [5.41, 5.74) is 1.27. The van der Waals surface area contributed by atoms with Crippen LogP contribution in [0, 0.1) is 5.41 Å². The molecule has 1 fully saturated rings. The van der Waals surface area contributed by atoms with E-state index in [9.17, 15) is 14.7 Å². The normalized spacial score (nSPS) is 19.8. The molecule has 0 radical (unpaired) electrons. The van der Waals surface area contributed by atoms with Gasteiger partial charge in [0.1, 0.15) is 12.7 Å². The molecule has 0 bridgehead atoms. The van der Waals surface area contributed by atoms with Crippen molar-refractivity contribution in [3.05, 3.63) is 29.8 Å². The maximum Gasteiger partial charge on any atom is 0.246 e. The first-order valence-electron chi connectivity index (χ1n) is 7.69. The summed E-state index contributed by atoms with van der Waals surface area (Å²) < 4.78 is 5.13. The highest BCUT2D eigenvalue weighted by Gasteiger charge is 2.26. The van der Waals surface area contributed by atoms with Gasteiger partial charge in [-0.3, -0.25) is 9.59 Å². The van der Waals surface area contributed by atoms with Crippen molar-refractivity contribution in [2.45, 2.75) is 39.3 Å². The molecule has 1 aromatic rings. The van der Waals surface area contributed by atoms with Crippen molar-refractivity contribution in [2.24, 2.45) is 5.41 Å². The molecule has 0 aromatic heterocycles. The molecule has 6 nitrogen and oxygen atoms in total. The van der Waals surface area contributed by atoms with Crippen molar-refractivity contribution < 1.29 is 19.4 Å². The average Bonchev–Trinajstić information content (AvgIpc) is 2.45. The van der Waals surface area contributed by atoms with E-state index in [2.05, 4.69) is 10.6 Å². The van der Waals surface area contributed by atoms with Gasteiger partial charge in [-0.15, -0.1) is 0 Å². The second-order valence-electron chi connectivity index (χ2n) is 7.04. The van der Waals surface area contributed by atoms with Crippen LogP contribution in [0.25, 0.3) is 0 Å². The fraction of sp³-hybridized carbons (Fsp3) is 0.529. The Morgan fingerprint density at radius 3 is 2.61 bits per heavy atom. The first kappa shape index (κ1) is 17.4. The summed E-state index contributed by atoms with van der Waals surface area (Å²) in [6, 6.07) is 6.49. The quantitative estimate of drug-likeness (QED) is 0.786. The lowest BCUT2D eigenvalue weighted by atomic mass is 9.92. The van der Waals surface area contributed by atoms with Crippen LogP contribution in [0.1, 0.15) is 38.9 Å². The molecule has 0 saturated carbocycles. The lowest BCUT2D eigenvalue weighted by Crippen LogP contribution is -2.48. The van der Waals surface area contributed by atoms with Gasteiger partial charge < -0.3 is 20.5 Å². The van der Waals surface area contributed by atoms with E-state index in [0.29, 0.717) is 17.7 Å². The number of benzene rings is 1. The number of amides is 2. The zero-order chi connectivity index (χ0) is 17.0. The maximum atomic E-state index is 11.9. The number of aliphatic hydroxyl groups is 1. The average molecular weight is 320 g/mol. The summed E-state index contributed by atoms with van der Waals surface area (Å²) in [5.74, 6) is -0.273. The van der Waals surface area contributed by atoms with Crippen LogP contribution < -0.4 is 10.6 Å². The lowest BCUT2D eigenvalue weighted by molar-refractivity contribution is -0.133. The third-order valence-corrected chi connectivity index (χ3v) is 3.48. The molecule has 2 atom stereocenters. The molecule has 126 valence electrons. The Morgan fingerprint density at radius 2 is 2.04 bits per heavy atom. The number of rotatable bonds is 4. The van der Waals surface area contributed by atoms with E-state index in [1.165, 1.54) is 0 Å². The largest absolute Gasteiger partial charge is 0.386 e. The predicted molar refractivity (Wildman–Crippen MR) is 86.9 cm³/mol. The SMILES string of the molecule is CC(C)(C)CC(=O)Nc1ccc(C(O)C2COCC(=O)N2)cc1. The Balaban J connectivity index is 1.96. The molecule has 2 rings (SSSR count). The van der Waals surface area contributed by atoms with Crippen LogP contribution in [-0.4, -0.2) is 36.2 Å². The molecule has 3 N–H and O–H groups in total. The highest BCUT2D eigenvalue weighted by atomic mass is 16.5. The zero-order valence-electron chi connectivity index (χ0n) is 13.8. The van der Waals surface area contributed by atoms with Gasteiger partial charge >= 0.3 is 0 Å². The first-order chi connectivity index (χ1) is 10.7. The molecule has 6 heteroatoms. The number of morpholine rings is 1. The number of ether oxygens (including phenoxy) is 1. The minimum atomic E-state index is -0.849. The van der Waals surface area contributed by atoms with Gasteiger partial charge in [0.05, 0.1) is 12.6 Å². The minimum Gasteiger partial charge on any atom is -0.386 e. The number of aliphatic hydroxyl groups excluding tert-OH is 1. The molecule has 1 aromatic carbocycles. The van der Waals surface area contributed by atoms with Gasteiger partial charge in [0.25, 0.3) is 0 Å². The third kappa shape index (κ3) is 5.33. The topological polar surface area (TPSA) is 87.7 Å². The summed E-state index contributed by atoms with van der Waals surface area (Å²) >= 11 is 0. The second kappa shape index (κ2) is 7.10. The van der Waals surface area contributed by atoms with E-state index < -0.39 is 12.1 Å². The highest BCUT2D eigenvalue weighted by molar-refractivity contribution is 5.91. The molecular formula is C17H24N2O4. The Kier molecular flexibility index (Phi) is 5.38. The van der Waals surface area contributed by atoms with Crippen molar-refractivity contribution in [3.63, 3.8) is 0 Å². The van der Waals surface area contributed by atoms with E-state index in [4.69, 9.17) is 4.74 Å². The molecule has 2 unspecified atom stereocenters. The van der Waals surface area contributed by atoms with Crippen molar-refractivity contribution in [1.29, 1.82) is 0 Å². The standard InChI is InChI=1S/C17H24N2O4/c1-17(2,3)8-14(20)18-12-6-4-11(5-7-12)16(22)13-9-23-10-15(21)19-13/h4-7,13,16,22H,8-10H2,1-3H3,(H,18,20)(H,19,21).